The molecule has 5 heteroatoms. The van der Waals surface area contributed by atoms with E-state index in [1.54, 1.807) is 31.2 Å². The Morgan fingerprint density at radius 2 is 1.75 bits per heavy atom. The van der Waals surface area contributed by atoms with Gasteiger partial charge in [0.25, 0.3) is 0 Å². The summed E-state index contributed by atoms with van der Waals surface area (Å²) >= 11 is 0. The Kier molecular flexibility index (Phi) is 5.70. The van der Waals surface area contributed by atoms with Gasteiger partial charge < -0.3 is 10.8 Å². The molecule has 0 radical (unpaired) electrons. The van der Waals surface area contributed by atoms with Crippen LogP contribution in [0.1, 0.15) is 27.2 Å². The van der Waals surface area contributed by atoms with Gasteiger partial charge in [0.15, 0.2) is 0 Å². The summed E-state index contributed by atoms with van der Waals surface area (Å²) in [6.45, 7) is 5.41. The van der Waals surface area contributed by atoms with Crippen LogP contribution in [0.5, 0.6) is 0 Å². The van der Waals surface area contributed by atoms with Crippen LogP contribution in [0.3, 0.4) is 0 Å². The van der Waals surface area contributed by atoms with Crippen molar-refractivity contribution in [3.8, 4) is 0 Å². The van der Waals surface area contributed by atoms with Crippen LogP contribution in [-0.2, 0) is 9.59 Å². The van der Waals surface area contributed by atoms with Crippen molar-refractivity contribution < 1.29 is 14.7 Å². The molecule has 0 aromatic heterocycles. The molecule has 0 aliphatic rings. The molecule has 1 aromatic rings. The number of carboxylic acids is 1. The number of anilines is 1. The summed E-state index contributed by atoms with van der Waals surface area (Å²) < 4.78 is 0. The van der Waals surface area contributed by atoms with Crippen LogP contribution in [0.4, 0.5) is 5.69 Å². The van der Waals surface area contributed by atoms with Crippen molar-refractivity contribution in [3.05, 3.63) is 30.3 Å². The third-order valence-corrected chi connectivity index (χ3v) is 2.95. The first-order chi connectivity index (χ1) is 9.34. The van der Waals surface area contributed by atoms with Gasteiger partial charge in [-0.2, -0.15) is 0 Å². The normalized spacial score (nSPS) is 13.8. The molecule has 1 rings (SSSR count). The van der Waals surface area contributed by atoms with Gasteiger partial charge in [-0.25, -0.2) is 4.79 Å². The van der Waals surface area contributed by atoms with E-state index < -0.39 is 18.1 Å². The molecule has 0 heterocycles. The minimum Gasteiger partial charge on any atom is -0.480 e. The Morgan fingerprint density at radius 3 is 2.15 bits per heavy atom. The molecule has 110 valence electrons. The van der Waals surface area contributed by atoms with E-state index in [0.717, 1.165) is 0 Å². The quantitative estimate of drug-likeness (QED) is 0.832. The van der Waals surface area contributed by atoms with Gasteiger partial charge >= 0.3 is 5.97 Å². The third kappa shape index (κ3) is 4.06. The highest BCUT2D eigenvalue weighted by atomic mass is 16.4. The zero-order valence-electron chi connectivity index (χ0n) is 12.1. The SMILES string of the molecule is CC(C)CC(C(=O)O)N(C(=O)C(C)N)c1ccccc1. The number of carboxylic acid groups (broad SMARTS) is 1. The van der Waals surface area contributed by atoms with E-state index in [0.29, 0.717) is 12.1 Å². The highest BCUT2D eigenvalue weighted by molar-refractivity contribution is 6.01. The van der Waals surface area contributed by atoms with Gasteiger partial charge in [-0.1, -0.05) is 32.0 Å². The molecular weight excluding hydrogens is 256 g/mol. The summed E-state index contributed by atoms with van der Waals surface area (Å²) in [5, 5.41) is 9.45. The molecule has 0 spiro atoms. The van der Waals surface area contributed by atoms with Gasteiger partial charge in [-0.05, 0) is 31.4 Å². The molecular formula is C15H22N2O3. The fourth-order valence-corrected chi connectivity index (χ4v) is 2.03. The van der Waals surface area contributed by atoms with Gasteiger partial charge in [-0.15, -0.1) is 0 Å². The average Bonchev–Trinajstić information content (AvgIpc) is 2.38. The van der Waals surface area contributed by atoms with Gasteiger partial charge in [0.05, 0.1) is 6.04 Å². The van der Waals surface area contributed by atoms with Crippen LogP contribution in [0.2, 0.25) is 0 Å². The fourth-order valence-electron chi connectivity index (χ4n) is 2.03. The number of carbonyl (C=O) groups is 2. The highest BCUT2D eigenvalue weighted by Crippen LogP contribution is 2.22. The number of nitrogens with zero attached hydrogens (tertiary/aromatic N) is 1. The molecule has 0 saturated heterocycles. The highest BCUT2D eigenvalue weighted by Gasteiger charge is 2.32. The molecule has 3 N–H and O–H groups in total. The number of hydrogen-bond acceptors (Lipinski definition) is 3. The number of nitrogens with two attached hydrogens (primary N) is 1. The fraction of sp³-hybridized carbons (Fsp3) is 0.467. The molecule has 0 aliphatic heterocycles. The summed E-state index contributed by atoms with van der Waals surface area (Å²) in [7, 11) is 0. The molecule has 2 unspecified atom stereocenters. The maximum absolute atomic E-state index is 12.3. The number of aliphatic carboxylic acids is 1. The molecule has 1 amide bonds. The average molecular weight is 278 g/mol. The van der Waals surface area contributed by atoms with Crippen LogP contribution in [0.15, 0.2) is 30.3 Å². The molecule has 0 aliphatic carbocycles. The van der Waals surface area contributed by atoms with E-state index in [1.807, 2.05) is 19.9 Å². The number of amides is 1. The Hall–Kier alpha value is -1.88. The Bertz CT molecular complexity index is 457. The second-order valence-corrected chi connectivity index (χ2v) is 5.32. The predicted molar refractivity (Wildman–Crippen MR) is 78.5 cm³/mol. The van der Waals surface area contributed by atoms with Crippen molar-refractivity contribution in [1.29, 1.82) is 0 Å². The summed E-state index contributed by atoms with van der Waals surface area (Å²) in [6.07, 6.45) is 0.378. The van der Waals surface area contributed by atoms with Crippen LogP contribution < -0.4 is 10.6 Å². The summed E-state index contributed by atoms with van der Waals surface area (Å²) in [5.74, 6) is -1.25. The van der Waals surface area contributed by atoms with E-state index in [9.17, 15) is 14.7 Å². The van der Waals surface area contributed by atoms with Crippen molar-refractivity contribution in [2.45, 2.75) is 39.3 Å². The van der Waals surface area contributed by atoms with E-state index in [4.69, 9.17) is 5.73 Å². The summed E-state index contributed by atoms with van der Waals surface area (Å²) in [5.41, 5.74) is 6.22. The van der Waals surface area contributed by atoms with Gasteiger partial charge in [0.1, 0.15) is 6.04 Å². The molecule has 0 saturated carbocycles. The first-order valence-corrected chi connectivity index (χ1v) is 6.71. The zero-order valence-corrected chi connectivity index (χ0v) is 12.1. The first-order valence-electron chi connectivity index (χ1n) is 6.71. The van der Waals surface area contributed by atoms with Crippen LogP contribution in [0.25, 0.3) is 0 Å². The largest absolute Gasteiger partial charge is 0.480 e. The Labute approximate surface area is 119 Å². The van der Waals surface area contributed by atoms with Crippen molar-refractivity contribution in [3.63, 3.8) is 0 Å². The zero-order chi connectivity index (χ0) is 15.3. The lowest BCUT2D eigenvalue weighted by atomic mass is 10.0. The first kappa shape index (κ1) is 16.2. The van der Waals surface area contributed by atoms with Crippen molar-refractivity contribution in [2.24, 2.45) is 11.7 Å². The third-order valence-electron chi connectivity index (χ3n) is 2.95. The lowest BCUT2D eigenvalue weighted by molar-refractivity contribution is -0.140. The minimum atomic E-state index is -1.02. The van der Waals surface area contributed by atoms with Crippen molar-refractivity contribution >= 4 is 17.6 Å². The van der Waals surface area contributed by atoms with Gasteiger partial charge in [0.2, 0.25) is 5.91 Å². The van der Waals surface area contributed by atoms with E-state index in [-0.39, 0.29) is 11.8 Å². The second-order valence-electron chi connectivity index (χ2n) is 5.32. The van der Waals surface area contributed by atoms with Crippen molar-refractivity contribution in [2.75, 3.05) is 4.90 Å². The molecule has 0 fully saturated rings. The monoisotopic (exact) mass is 278 g/mol. The molecule has 2 atom stereocenters. The topological polar surface area (TPSA) is 83.6 Å². The number of benzene rings is 1. The predicted octanol–water partition coefficient (Wildman–Crippen LogP) is 1.87. The minimum absolute atomic E-state index is 0.156. The molecule has 0 bridgehead atoms. The van der Waals surface area contributed by atoms with Crippen LogP contribution in [-0.4, -0.2) is 29.1 Å². The van der Waals surface area contributed by atoms with E-state index in [1.165, 1.54) is 4.90 Å². The molecule has 20 heavy (non-hydrogen) atoms. The Balaban J connectivity index is 3.21. The molecule has 1 aromatic carbocycles. The molecule has 5 nitrogen and oxygen atoms in total. The number of rotatable bonds is 6. The van der Waals surface area contributed by atoms with E-state index in [2.05, 4.69) is 0 Å². The summed E-state index contributed by atoms with van der Waals surface area (Å²) in [4.78, 5) is 25.1. The Morgan fingerprint density at radius 1 is 1.20 bits per heavy atom. The number of carbonyl (C=O) groups excluding carboxylic acids is 1. The lowest BCUT2D eigenvalue weighted by Crippen LogP contribution is -2.51. The van der Waals surface area contributed by atoms with Gasteiger partial charge in [-0.3, -0.25) is 9.69 Å². The summed E-state index contributed by atoms with van der Waals surface area (Å²) in [6, 6.07) is 7.14. The second kappa shape index (κ2) is 7.05. The number of hydrogen-bond donors (Lipinski definition) is 2. The maximum atomic E-state index is 12.3. The maximum Gasteiger partial charge on any atom is 0.326 e. The number of para-hydroxylation sites is 1. The van der Waals surface area contributed by atoms with Crippen LogP contribution >= 0.6 is 0 Å². The van der Waals surface area contributed by atoms with Crippen LogP contribution in [0, 0.1) is 5.92 Å². The lowest BCUT2D eigenvalue weighted by Gasteiger charge is -2.31. The van der Waals surface area contributed by atoms with E-state index >= 15 is 0 Å². The standard InChI is InChI=1S/C15H22N2O3/c1-10(2)9-13(15(19)20)17(14(18)11(3)16)12-7-5-4-6-8-12/h4-8,10-11,13H,9,16H2,1-3H3,(H,19,20). The van der Waals surface area contributed by atoms with Gasteiger partial charge in [0, 0.05) is 5.69 Å². The smallest absolute Gasteiger partial charge is 0.326 e. The van der Waals surface area contributed by atoms with Crippen molar-refractivity contribution in [1.82, 2.24) is 0 Å².